The lowest BCUT2D eigenvalue weighted by atomic mass is 10.0. The first-order chi connectivity index (χ1) is 18.3. The number of nitrogens with zero attached hydrogens (tertiary/aromatic N) is 2. The number of pyridine rings is 1. The van der Waals surface area contributed by atoms with Gasteiger partial charge in [0, 0.05) is 47.5 Å². The molecule has 204 valence electrons. The van der Waals surface area contributed by atoms with E-state index in [1.165, 1.54) is 0 Å². The maximum atomic E-state index is 9.21. The van der Waals surface area contributed by atoms with Gasteiger partial charge >= 0.3 is 0 Å². The predicted molar refractivity (Wildman–Crippen MR) is 163 cm³/mol. The van der Waals surface area contributed by atoms with Crippen LogP contribution in [0.1, 0.15) is 11.3 Å². The summed E-state index contributed by atoms with van der Waals surface area (Å²) in [5.41, 5.74) is 7.43. The summed E-state index contributed by atoms with van der Waals surface area (Å²) in [5.74, 6) is 1.42. The number of aromatic nitrogens is 1. The van der Waals surface area contributed by atoms with Crippen molar-refractivity contribution in [3.05, 3.63) is 93.0 Å². The Morgan fingerprint density at radius 2 is 1.41 bits per heavy atom. The van der Waals surface area contributed by atoms with Gasteiger partial charge in [-0.2, -0.15) is 4.57 Å². The van der Waals surface area contributed by atoms with E-state index >= 15 is 0 Å². The van der Waals surface area contributed by atoms with Crippen LogP contribution in [0.3, 0.4) is 0 Å². The first kappa shape index (κ1) is 31.1. The highest BCUT2D eigenvalue weighted by Gasteiger charge is 2.19. The number of anilines is 1. The second-order valence-electron chi connectivity index (χ2n) is 8.88. The van der Waals surface area contributed by atoms with E-state index in [0.717, 1.165) is 48.3 Å². The Morgan fingerprint density at radius 3 is 1.97 bits per heavy atom. The number of aliphatic hydroxyl groups is 1. The van der Waals surface area contributed by atoms with E-state index in [2.05, 4.69) is 116 Å². The van der Waals surface area contributed by atoms with Crippen molar-refractivity contribution in [1.82, 2.24) is 0 Å². The summed E-state index contributed by atoms with van der Waals surface area (Å²) in [6.45, 7) is 0.726. The van der Waals surface area contributed by atoms with Gasteiger partial charge in [0.25, 0.3) is 0 Å². The van der Waals surface area contributed by atoms with Crippen molar-refractivity contribution < 1.29 is 43.1 Å². The largest absolute Gasteiger partial charge is 1.00 e. The molecular formula is C31H31Br2IN2O3. The molecule has 1 heterocycles. The van der Waals surface area contributed by atoms with E-state index in [0.29, 0.717) is 18.0 Å². The van der Waals surface area contributed by atoms with Crippen molar-refractivity contribution in [1.29, 1.82) is 0 Å². The molecule has 0 fully saturated rings. The van der Waals surface area contributed by atoms with Crippen molar-refractivity contribution in [2.75, 3.05) is 39.3 Å². The molecule has 0 spiro atoms. The lowest BCUT2D eigenvalue weighted by Gasteiger charge is -2.17. The van der Waals surface area contributed by atoms with Gasteiger partial charge in [-0.05, 0) is 87.2 Å². The van der Waals surface area contributed by atoms with E-state index in [9.17, 15) is 5.11 Å². The van der Waals surface area contributed by atoms with Gasteiger partial charge in [0.1, 0.15) is 23.0 Å². The number of halogens is 3. The molecule has 0 saturated heterocycles. The van der Waals surface area contributed by atoms with Crippen molar-refractivity contribution in [2.24, 2.45) is 7.05 Å². The maximum Gasteiger partial charge on any atom is 0.213 e. The molecule has 8 heteroatoms. The van der Waals surface area contributed by atoms with Crippen LogP contribution in [0.2, 0.25) is 0 Å². The van der Waals surface area contributed by atoms with Crippen LogP contribution >= 0.6 is 31.9 Å². The monoisotopic (exact) mass is 764 g/mol. The van der Waals surface area contributed by atoms with E-state index in [1.807, 2.05) is 24.1 Å². The van der Waals surface area contributed by atoms with E-state index in [1.54, 1.807) is 14.2 Å². The molecule has 0 radical (unpaired) electrons. The van der Waals surface area contributed by atoms with Crippen LogP contribution in [-0.4, -0.2) is 39.5 Å². The molecule has 4 rings (SSSR count). The molecule has 1 aromatic heterocycles. The van der Waals surface area contributed by atoms with Crippen LogP contribution in [0, 0.1) is 0 Å². The lowest BCUT2D eigenvalue weighted by Crippen LogP contribution is -3.00. The Hall–Kier alpha value is -2.40. The van der Waals surface area contributed by atoms with Crippen LogP contribution in [0.5, 0.6) is 11.5 Å². The minimum atomic E-state index is 0. The standard InChI is InChI=1S/C31H31Br2N2O3.HI/c1-34(15-16-36)26-12-5-21(6-13-26)7-14-27-17-23(24-19-29(37-3)31(33)30(20-24)38-4)18-28(35(27)2)22-8-10-25(32)11-9-22;/h5-14,17-20,36H,15-16H2,1-4H3;1H/q+1;/p-1. The highest BCUT2D eigenvalue weighted by Crippen LogP contribution is 2.39. The number of hydrogen-bond donors (Lipinski definition) is 1. The first-order valence-electron chi connectivity index (χ1n) is 12.2. The average Bonchev–Trinajstić information content (AvgIpc) is 2.93. The van der Waals surface area contributed by atoms with Gasteiger partial charge in [0.2, 0.25) is 11.4 Å². The molecule has 0 unspecified atom stereocenters. The number of likely N-dealkylation sites (N-methyl/N-ethyl adjacent to an activating group) is 1. The Kier molecular flexibility index (Phi) is 11.4. The van der Waals surface area contributed by atoms with Crippen LogP contribution in [0.15, 0.2) is 81.7 Å². The number of hydrogen-bond acceptors (Lipinski definition) is 4. The second-order valence-corrected chi connectivity index (χ2v) is 10.6. The molecule has 5 nitrogen and oxygen atoms in total. The number of benzene rings is 3. The van der Waals surface area contributed by atoms with Gasteiger partial charge in [-0.15, -0.1) is 0 Å². The minimum Gasteiger partial charge on any atom is -1.00 e. The SMILES string of the molecule is COc1cc(-c2cc(C=Cc3ccc(N(C)CCO)cc3)[n+](C)c(-c3ccc(Br)cc3)c2)cc(OC)c1Br.[I-]. The maximum absolute atomic E-state index is 9.21. The molecule has 3 aromatic carbocycles. The summed E-state index contributed by atoms with van der Waals surface area (Å²) in [5, 5.41) is 9.21. The van der Waals surface area contributed by atoms with Gasteiger partial charge in [-0.25, -0.2) is 0 Å². The van der Waals surface area contributed by atoms with E-state index < -0.39 is 0 Å². The fraction of sp³-hybridized carbons (Fsp3) is 0.194. The zero-order chi connectivity index (χ0) is 27.2. The molecule has 0 saturated carbocycles. The summed E-state index contributed by atoms with van der Waals surface area (Å²) in [4.78, 5) is 2.03. The number of methoxy groups -OCH3 is 2. The van der Waals surface area contributed by atoms with Gasteiger partial charge in [0.15, 0.2) is 0 Å². The third-order valence-corrected chi connectivity index (χ3v) is 7.79. The number of ether oxygens (including phenoxy) is 2. The molecule has 0 aliphatic rings. The predicted octanol–water partition coefficient (Wildman–Crippen LogP) is 3.99. The van der Waals surface area contributed by atoms with Crippen LogP contribution in [-0.2, 0) is 7.05 Å². The first-order valence-corrected chi connectivity index (χ1v) is 13.7. The molecule has 0 atom stereocenters. The summed E-state index contributed by atoms with van der Waals surface area (Å²) in [6, 6.07) is 25.0. The summed E-state index contributed by atoms with van der Waals surface area (Å²) < 4.78 is 15.2. The van der Waals surface area contributed by atoms with Crippen LogP contribution < -0.4 is 42.9 Å². The molecule has 0 bridgehead atoms. The van der Waals surface area contributed by atoms with Crippen molar-refractivity contribution >= 4 is 49.7 Å². The molecule has 4 aromatic rings. The lowest BCUT2D eigenvalue weighted by molar-refractivity contribution is -0.662. The van der Waals surface area contributed by atoms with Gasteiger partial charge in [0.05, 0.1) is 20.8 Å². The Labute approximate surface area is 264 Å². The molecular weight excluding hydrogens is 735 g/mol. The van der Waals surface area contributed by atoms with E-state index in [-0.39, 0.29) is 30.6 Å². The molecule has 39 heavy (non-hydrogen) atoms. The highest BCUT2D eigenvalue weighted by molar-refractivity contribution is 9.11. The van der Waals surface area contributed by atoms with Gasteiger partial charge in [-0.1, -0.05) is 28.1 Å². The third-order valence-electron chi connectivity index (χ3n) is 6.48. The minimum absolute atomic E-state index is 0. The van der Waals surface area contributed by atoms with Crippen LogP contribution in [0.4, 0.5) is 5.69 Å². The van der Waals surface area contributed by atoms with Crippen molar-refractivity contribution in [3.63, 3.8) is 0 Å². The number of rotatable bonds is 9. The molecule has 1 N–H and O–H groups in total. The second kappa shape index (κ2) is 14.3. The van der Waals surface area contributed by atoms with Crippen LogP contribution in [0.25, 0.3) is 34.5 Å². The molecule has 0 aliphatic heterocycles. The Balaban J connectivity index is 0.00000420. The topological polar surface area (TPSA) is 45.8 Å². The zero-order valence-corrected chi connectivity index (χ0v) is 27.6. The Morgan fingerprint density at radius 1 is 0.821 bits per heavy atom. The Bertz CT molecular complexity index is 1420. The van der Waals surface area contributed by atoms with E-state index in [4.69, 9.17) is 9.47 Å². The van der Waals surface area contributed by atoms with Crippen molar-refractivity contribution in [3.8, 4) is 33.9 Å². The summed E-state index contributed by atoms with van der Waals surface area (Å²) >= 11 is 7.13. The molecule has 0 amide bonds. The average molecular weight is 766 g/mol. The van der Waals surface area contributed by atoms with Gasteiger partial charge in [-0.3, -0.25) is 0 Å². The normalized spacial score (nSPS) is 10.8. The van der Waals surface area contributed by atoms with Crippen molar-refractivity contribution in [2.45, 2.75) is 0 Å². The quantitative estimate of drug-likeness (QED) is 0.207. The van der Waals surface area contributed by atoms with Gasteiger partial charge < -0.3 is 43.5 Å². The zero-order valence-electron chi connectivity index (χ0n) is 22.3. The molecule has 0 aliphatic carbocycles. The fourth-order valence-electron chi connectivity index (χ4n) is 4.24. The fourth-order valence-corrected chi connectivity index (χ4v) is 5.06. The smallest absolute Gasteiger partial charge is 0.213 e. The third kappa shape index (κ3) is 7.42. The highest BCUT2D eigenvalue weighted by atomic mass is 127. The summed E-state index contributed by atoms with van der Waals surface area (Å²) in [7, 11) is 7.37. The number of aliphatic hydroxyl groups excluding tert-OH is 1. The summed E-state index contributed by atoms with van der Waals surface area (Å²) in [6.07, 6.45) is 4.24.